The maximum atomic E-state index is 5.16. The van der Waals surface area contributed by atoms with Crippen LogP contribution in [0.1, 0.15) is 72.9 Å². The van der Waals surface area contributed by atoms with Gasteiger partial charge in [-0.2, -0.15) is 0 Å². The summed E-state index contributed by atoms with van der Waals surface area (Å²) in [4.78, 5) is 5.16. The van der Waals surface area contributed by atoms with E-state index in [0.717, 1.165) is 17.1 Å². The second-order valence-electron chi connectivity index (χ2n) is 8.81. The van der Waals surface area contributed by atoms with Gasteiger partial charge in [0.15, 0.2) is 0 Å². The molecule has 0 fully saturated rings. The highest BCUT2D eigenvalue weighted by Crippen LogP contribution is 2.33. The van der Waals surface area contributed by atoms with Gasteiger partial charge in [-0.15, -0.1) is 0 Å². The van der Waals surface area contributed by atoms with Gasteiger partial charge in [-0.3, -0.25) is 0 Å². The lowest BCUT2D eigenvalue weighted by Crippen LogP contribution is -2.17. The van der Waals surface area contributed by atoms with E-state index in [2.05, 4.69) is 114 Å². The maximum absolute atomic E-state index is 5.16. The molecule has 1 N–H and O–H groups in total. The largest absolute Gasteiger partial charge is 0.339 e. The number of amidine groups is 1. The maximum Gasteiger partial charge on any atom is 0.138 e. The van der Waals surface area contributed by atoms with E-state index in [9.17, 15) is 0 Å². The van der Waals surface area contributed by atoms with Crippen molar-refractivity contribution in [1.29, 1.82) is 0 Å². The Morgan fingerprint density at radius 3 is 1.70 bits per heavy atom. The van der Waals surface area contributed by atoms with Crippen LogP contribution in [-0.4, -0.2) is 5.84 Å². The summed E-state index contributed by atoms with van der Waals surface area (Å²) >= 11 is 0. The first-order valence-electron chi connectivity index (χ1n) is 10.9. The van der Waals surface area contributed by atoms with Crippen LogP contribution in [0.15, 0.2) is 65.7 Å². The highest BCUT2D eigenvalue weighted by Gasteiger charge is 2.16. The van der Waals surface area contributed by atoms with Crippen molar-refractivity contribution in [3.63, 3.8) is 0 Å². The lowest BCUT2D eigenvalue weighted by molar-refractivity contribution is 0.839. The van der Waals surface area contributed by atoms with Crippen molar-refractivity contribution in [2.45, 2.75) is 60.3 Å². The van der Waals surface area contributed by atoms with Crippen molar-refractivity contribution < 1.29 is 0 Å². The molecule has 156 valence electrons. The van der Waals surface area contributed by atoms with E-state index in [1.54, 1.807) is 0 Å². The normalized spacial score (nSPS) is 12.0. The molecule has 0 unspecified atom stereocenters. The van der Waals surface area contributed by atoms with Crippen LogP contribution in [0.2, 0.25) is 0 Å². The summed E-state index contributed by atoms with van der Waals surface area (Å²) in [6.07, 6.45) is 0. The Labute approximate surface area is 182 Å². The van der Waals surface area contributed by atoms with Gasteiger partial charge >= 0.3 is 0 Å². The summed E-state index contributed by atoms with van der Waals surface area (Å²) < 4.78 is 0. The SMILES string of the molecule is Cc1ccc(C(=Nc2c(C)cccc2C)Nc2c(C(C)C)cccc2C(C)C)cc1. The van der Waals surface area contributed by atoms with Gasteiger partial charge in [0.05, 0.1) is 5.69 Å². The number of hydrogen-bond donors (Lipinski definition) is 1. The lowest BCUT2D eigenvalue weighted by atomic mass is 9.92. The van der Waals surface area contributed by atoms with E-state index in [-0.39, 0.29) is 0 Å². The molecule has 0 aliphatic heterocycles. The quantitative estimate of drug-likeness (QED) is 0.341. The molecule has 0 atom stereocenters. The molecule has 2 heteroatoms. The Bertz CT molecular complexity index is 994. The van der Waals surface area contributed by atoms with Gasteiger partial charge < -0.3 is 5.32 Å². The van der Waals surface area contributed by atoms with E-state index < -0.39 is 0 Å². The fourth-order valence-corrected chi connectivity index (χ4v) is 3.78. The first-order valence-corrected chi connectivity index (χ1v) is 10.9. The lowest BCUT2D eigenvalue weighted by Gasteiger charge is -2.22. The Hall–Kier alpha value is -2.87. The standard InChI is InChI=1S/C28H34N2/c1-18(2)24-12-9-13-25(19(3)4)27(24)30-28(23-16-14-20(5)15-17-23)29-26-21(6)10-8-11-22(26)7/h8-19H,1-7H3,(H,29,30). The number of para-hydroxylation sites is 2. The van der Waals surface area contributed by atoms with Crippen molar-refractivity contribution in [2.24, 2.45) is 4.99 Å². The molecule has 0 saturated heterocycles. The molecule has 0 saturated carbocycles. The number of anilines is 1. The van der Waals surface area contributed by atoms with Crippen LogP contribution in [-0.2, 0) is 0 Å². The number of nitrogens with one attached hydrogen (secondary N) is 1. The molecule has 0 aliphatic rings. The Morgan fingerprint density at radius 1 is 0.700 bits per heavy atom. The second kappa shape index (κ2) is 9.30. The van der Waals surface area contributed by atoms with Gasteiger partial charge in [0.25, 0.3) is 0 Å². The van der Waals surface area contributed by atoms with Crippen molar-refractivity contribution in [1.82, 2.24) is 0 Å². The smallest absolute Gasteiger partial charge is 0.138 e. The van der Waals surface area contributed by atoms with E-state index >= 15 is 0 Å². The molecular formula is C28H34N2. The number of aryl methyl sites for hydroxylation is 3. The topological polar surface area (TPSA) is 24.4 Å². The predicted octanol–water partition coefficient (Wildman–Crippen LogP) is 8.05. The first kappa shape index (κ1) is 21.8. The average Bonchev–Trinajstić information content (AvgIpc) is 2.70. The molecule has 30 heavy (non-hydrogen) atoms. The van der Waals surface area contributed by atoms with E-state index in [1.165, 1.54) is 33.5 Å². The minimum Gasteiger partial charge on any atom is -0.339 e. The second-order valence-corrected chi connectivity index (χ2v) is 8.81. The van der Waals surface area contributed by atoms with E-state index in [4.69, 9.17) is 4.99 Å². The predicted molar refractivity (Wildman–Crippen MR) is 132 cm³/mol. The summed E-state index contributed by atoms with van der Waals surface area (Å²) in [5.41, 5.74) is 9.57. The van der Waals surface area contributed by atoms with Crippen molar-refractivity contribution in [2.75, 3.05) is 5.32 Å². The summed E-state index contributed by atoms with van der Waals surface area (Å²) in [5, 5.41) is 3.77. The average molecular weight is 399 g/mol. The molecule has 2 nitrogen and oxygen atoms in total. The molecule has 0 spiro atoms. The molecule has 0 bridgehead atoms. The van der Waals surface area contributed by atoms with E-state index in [1.807, 2.05) is 0 Å². The highest BCUT2D eigenvalue weighted by molar-refractivity contribution is 6.10. The molecule has 3 rings (SSSR count). The number of nitrogens with zero attached hydrogens (tertiary/aromatic N) is 1. The number of benzene rings is 3. The molecular weight excluding hydrogens is 364 g/mol. The fourth-order valence-electron chi connectivity index (χ4n) is 3.78. The van der Waals surface area contributed by atoms with Gasteiger partial charge in [0.2, 0.25) is 0 Å². The van der Waals surface area contributed by atoms with Gasteiger partial charge in [0, 0.05) is 11.3 Å². The third-order valence-electron chi connectivity index (χ3n) is 5.60. The van der Waals surface area contributed by atoms with Crippen LogP contribution in [0.4, 0.5) is 11.4 Å². The van der Waals surface area contributed by atoms with Crippen LogP contribution in [0.5, 0.6) is 0 Å². The van der Waals surface area contributed by atoms with Crippen molar-refractivity contribution in [3.05, 3.63) is 94.0 Å². The van der Waals surface area contributed by atoms with Crippen molar-refractivity contribution >= 4 is 17.2 Å². The summed E-state index contributed by atoms with van der Waals surface area (Å²) in [6, 6.07) is 21.6. The Kier molecular flexibility index (Phi) is 6.77. The molecule has 0 radical (unpaired) electrons. The minimum absolute atomic E-state index is 0.422. The molecule has 0 amide bonds. The van der Waals surface area contributed by atoms with Crippen LogP contribution >= 0.6 is 0 Å². The molecule has 3 aromatic carbocycles. The molecule has 0 aliphatic carbocycles. The minimum atomic E-state index is 0.422. The summed E-state index contributed by atoms with van der Waals surface area (Å²) in [7, 11) is 0. The van der Waals surface area contributed by atoms with E-state index in [0.29, 0.717) is 11.8 Å². The molecule has 3 aromatic rings. The van der Waals surface area contributed by atoms with Crippen LogP contribution in [0, 0.1) is 20.8 Å². The van der Waals surface area contributed by atoms with Crippen LogP contribution in [0.3, 0.4) is 0 Å². The summed E-state index contributed by atoms with van der Waals surface area (Å²) in [5.74, 6) is 1.73. The monoisotopic (exact) mass is 398 g/mol. The van der Waals surface area contributed by atoms with Crippen LogP contribution < -0.4 is 5.32 Å². The summed E-state index contributed by atoms with van der Waals surface area (Å²) in [6.45, 7) is 15.4. The zero-order chi connectivity index (χ0) is 21.8. The molecule has 0 aromatic heterocycles. The van der Waals surface area contributed by atoms with Gasteiger partial charge in [-0.05, 0) is 54.9 Å². The number of hydrogen-bond acceptors (Lipinski definition) is 1. The third kappa shape index (κ3) is 4.81. The zero-order valence-corrected chi connectivity index (χ0v) is 19.4. The fraction of sp³-hybridized carbons (Fsp3) is 0.321. The Balaban J connectivity index is 2.20. The number of aliphatic imine (C=N–C) groups is 1. The highest BCUT2D eigenvalue weighted by atomic mass is 15.0. The van der Waals surface area contributed by atoms with Gasteiger partial charge in [0.1, 0.15) is 5.84 Å². The van der Waals surface area contributed by atoms with Gasteiger partial charge in [-0.1, -0.05) is 93.9 Å². The Morgan fingerprint density at radius 2 is 1.20 bits per heavy atom. The number of rotatable bonds is 5. The third-order valence-corrected chi connectivity index (χ3v) is 5.60. The first-order chi connectivity index (χ1) is 14.3. The van der Waals surface area contributed by atoms with Gasteiger partial charge in [-0.25, -0.2) is 4.99 Å². The molecule has 0 heterocycles. The van der Waals surface area contributed by atoms with Crippen molar-refractivity contribution in [3.8, 4) is 0 Å². The zero-order valence-electron chi connectivity index (χ0n) is 19.4. The van der Waals surface area contributed by atoms with Crippen LogP contribution in [0.25, 0.3) is 0 Å².